The number of nitrogens with zero attached hydrogens (tertiary/aromatic N) is 2. The van der Waals surface area contributed by atoms with E-state index in [-0.39, 0.29) is 17.1 Å². The first-order chi connectivity index (χ1) is 14.0. The third kappa shape index (κ3) is 4.95. The largest absolute Gasteiger partial charge is 0.383 e. The number of hydrogen-bond acceptors (Lipinski definition) is 5. The van der Waals surface area contributed by atoms with Crippen molar-refractivity contribution in [3.8, 4) is 0 Å². The Morgan fingerprint density at radius 1 is 1.17 bits per heavy atom. The smallest absolute Gasteiger partial charge is 0.262 e. The van der Waals surface area contributed by atoms with E-state index in [2.05, 4.69) is 18.8 Å². The summed E-state index contributed by atoms with van der Waals surface area (Å²) >= 11 is 1.29. The van der Waals surface area contributed by atoms with Crippen molar-refractivity contribution >= 4 is 28.4 Å². The Morgan fingerprint density at radius 3 is 2.59 bits per heavy atom. The van der Waals surface area contributed by atoms with Crippen LogP contribution in [0.15, 0.2) is 58.5 Å². The lowest BCUT2D eigenvalue weighted by Gasteiger charge is -2.13. The van der Waals surface area contributed by atoms with Crippen LogP contribution in [0.4, 0.5) is 0 Å². The number of fused-ring (bicyclic) bond motifs is 1. The van der Waals surface area contributed by atoms with Crippen molar-refractivity contribution < 1.29 is 9.53 Å². The third-order valence-electron chi connectivity index (χ3n) is 5.09. The lowest BCUT2D eigenvalue weighted by atomic mass is 9.97. The van der Waals surface area contributed by atoms with Gasteiger partial charge in [-0.3, -0.25) is 14.2 Å². The molecule has 29 heavy (non-hydrogen) atoms. The third-order valence-corrected chi connectivity index (χ3v) is 6.07. The molecule has 3 aromatic rings. The molecule has 6 heteroatoms. The molecule has 0 radical (unpaired) electrons. The zero-order valence-electron chi connectivity index (χ0n) is 17.1. The van der Waals surface area contributed by atoms with Crippen LogP contribution in [0.1, 0.15) is 42.1 Å². The average Bonchev–Trinajstić information content (AvgIpc) is 2.76. The molecule has 0 bridgehead atoms. The highest BCUT2D eigenvalue weighted by atomic mass is 32.2. The number of hydrogen-bond donors (Lipinski definition) is 0. The molecule has 2 aromatic carbocycles. The number of carbonyl (C=O) groups excluding carboxylic acids is 1. The summed E-state index contributed by atoms with van der Waals surface area (Å²) in [6.45, 7) is 5.13. The first-order valence-electron chi connectivity index (χ1n) is 9.79. The molecule has 1 heterocycles. The van der Waals surface area contributed by atoms with E-state index in [0.717, 1.165) is 6.42 Å². The first kappa shape index (κ1) is 21.3. The van der Waals surface area contributed by atoms with Gasteiger partial charge in [0, 0.05) is 12.7 Å². The molecule has 0 spiro atoms. The molecule has 0 aliphatic rings. The number of carbonyl (C=O) groups is 1. The Hall–Kier alpha value is -2.44. The summed E-state index contributed by atoms with van der Waals surface area (Å²) in [5.41, 5.74) is 2.44. The van der Waals surface area contributed by atoms with Gasteiger partial charge in [0.2, 0.25) is 0 Å². The monoisotopic (exact) mass is 410 g/mol. The van der Waals surface area contributed by atoms with Crippen LogP contribution in [-0.2, 0) is 11.3 Å². The Balaban J connectivity index is 1.82. The van der Waals surface area contributed by atoms with Crippen molar-refractivity contribution in [3.05, 3.63) is 70.0 Å². The van der Waals surface area contributed by atoms with Gasteiger partial charge in [-0.2, -0.15) is 0 Å². The van der Waals surface area contributed by atoms with Gasteiger partial charge in [0.15, 0.2) is 10.9 Å². The van der Waals surface area contributed by atoms with Crippen molar-refractivity contribution in [2.75, 3.05) is 19.5 Å². The van der Waals surface area contributed by atoms with Gasteiger partial charge in [-0.1, -0.05) is 62.0 Å². The van der Waals surface area contributed by atoms with Crippen molar-refractivity contribution in [1.29, 1.82) is 0 Å². The van der Waals surface area contributed by atoms with E-state index in [1.54, 1.807) is 17.7 Å². The summed E-state index contributed by atoms with van der Waals surface area (Å²) < 4.78 is 6.73. The first-order valence-corrected chi connectivity index (χ1v) is 10.8. The maximum Gasteiger partial charge on any atom is 0.262 e. The van der Waals surface area contributed by atoms with Crippen LogP contribution in [0.3, 0.4) is 0 Å². The van der Waals surface area contributed by atoms with Crippen LogP contribution >= 0.6 is 11.8 Å². The van der Waals surface area contributed by atoms with E-state index in [0.29, 0.717) is 40.7 Å². The average molecular weight is 411 g/mol. The fourth-order valence-corrected chi connectivity index (χ4v) is 4.00. The number of ketones is 1. The van der Waals surface area contributed by atoms with Gasteiger partial charge in [-0.15, -0.1) is 0 Å². The Kier molecular flexibility index (Phi) is 7.23. The molecule has 1 atom stereocenters. The molecule has 0 fully saturated rings. The molecule has 0 saturated carbocycles. The van der Waals surface area contributed by atoms with Gasteiger partial charge in [-0.05, 0) is 30.0 Å². The molecular weight excluding hydrogens is 384 g/mol. The molecule has 3 rings (SSSR count). The number of thioether (sulfide) groups is 1. The van der Waals surface area contributed by atoms with Gasteiger partial charge in [0.05, 0.1) is 29.8 Å². The maximum atomic E-state index is 12.9. The fourth-order valence-electron chi connectivity index (χ4n) is 3.08. The van der Waals surface area contributed by atoms with E-state index in [9.17, 15) is 9.59 Å². The summed E-state index contributed by atoms with van der Waals surface area (Å²) in [7, 11) is 1.60. The summed E-state index contributed by atoms with van der Waals surface area (Å²) in [6.07, 6.45) is 1.07. The summed E-state index contributed by atoms with van der Waals surface area (Å²) in [4.78, 5) is 30.2. The van der Waals surface area contributed by atoms with Crippen LogP contribution in [-0.4, -0.2) is 34.8 Å². The summed E-state index contributed by atoms with van der Waals surface area (Å²) in [6, 6.07) is 15.1. The molecule has 1 aromatic heterocycles. The molecule has 0 N–H and O–H groups in total. The van der Waals surface area contributed by atoms with Crippen LogP contribution in [0, 0.1) is 0 Å². The van der Waals surface area contributed by atoms with Gasteiger partial charge >= 0.3 is 0 Å². The van der Waals surface area contributed by atoms with Crippen LogP contribution in [0.25, 0.3) is 10.9 Å². The Bertz CT molecular complexity index is 1040. The molecule has 1 unspecified atom stereocenters. The molecule has 0 aliphatic heterocycles. The minimum Gasteiger partial charge on any atom is -0.383 e. The Morgan fingerprint density at radius 2 is 1.90 bits per heavy atom. The van der Waals surface area contributed by atoms with Crippen LogP contribution < -0.4 is 5.56 Å². The van der Waals surface area contributed by atoms with E-state index in [1.807, 2.05) is 42.5 Å². The van der Waals surface area contributed by atoms with E-state index in [4.69, 9.17) is 4.74 Å². The zero-order chi connectivity index (χ0) is 20.8. The van der Waals surface area contributed by atoms with Crippen LogP contribution in [0.5, 0.6) is 0 Å². The van der Waals surface area contributed by atoms with Crippen molar-refractivity contribution in [1.82, 2.24) is 9.55 Å². The molecule has 0 saturated heterocycles. The highest BCUT2D eigenvalue weighted by molar-refractivity contribution is 7.99. The van der Waals surface area contributed by atoms with Crippen molar-refractivity contribution in [2.45, 2.75) is 37.9 Å². The quantitative estimate of drug-likeness (QED) is 0.295. The normalized spacial score (nSPS) is 12.2. The number of ether oxygens (including phenoxy) is 1. The minimum absolute atomic E-state index is 0.0198. The second-order valence-electron chi connectivity index (χ2n) is 7.00. The molecule has 5 nitrogen and oxygen atoms in total. The lowest BCUT2D eigenvalue weighted by Crippen LogP contribution is -2.25. The van der Waals surface area contributed by atoms with E-state index < -0.39 is 0 Å². The van der Waals surface area contributed by atoms with Crippen LogP contribution in [0.2, 0.25) is 0 Å². The highest BCUT2D eigenvalue weighted by Gasteiger charge is 2.14. The predicted molar refractivity (Wildman–Crippen MR) is 118 cm³/mol. The molecule has 152 valence electrons. The number of benzene rings is 2. The van der Waals surface area contributed by atoms with Gasteiger partial charge in [-0.25, -0.2) is 4.98 Å². The molecule has 0 aliphatic carbocycles. The summed E-state index contributed by atoms with van der Waals surface area (Å²) in [5, 5.41) is 1.11. The number of methoxy groups -OCH3 is 1. The second kappa shape index (κ2) is 9.85. The van der Waals surface area contributed by atoms with Gasteiger partial charge in [0.25, 0.3) is 5.56 Å². The highest BCUT2D eigenvalue weighted by Crippen LogP contribution is 2.22. The maximum absolute atomic E-state index is 12.9. The topological polar surface area (TPSA) is 61.2 Å². The zero-order valence-corrected chi connectivity index (χ0v) is 17.9. The summed E-state index contributed by atoms with van der Waals surface area (Å²) in [5.74, 6) is 0.720. The number of para-hydroxylation sites is 1. The van der Waals surface area contributed by atoms with Gasteiger partial charge < -0.3 is 4.74 Å². The van der Waals surface area contributed by atoms with Crippen molar-refractivity contribution in [3.63, 3.8) is 0 Å². The number of rotatable bonds is 9. The Labute approximate surface area is 175 Å². The van der Waals surface area contributed by atoms with E-state index in [1.165, 1.54) is 17.3 Å². The lowest BCUT2D eigenvalue weighted by molar-refractivity contribution is 0.102. The van der Waals surface area contributed by atoms with Crippen molar-refractivity contribution in [2.24, 2.45) is 0 Å². The standard InChI is InChI=1S/C23H26N2O3S/c1-4-16(2)17-9-11-18(12-10-17)21(26)15-29-23-24-20-8-6-5-7-19(20)22(27)25(23)13-14-28-3/h5-12,16H,4,13-15H2,1-3H3. The second-order valence-corrected chi connectivity index (χ2v) is 7.95. The number of Topliss-reactive ketones (excluding diaryl/α,β-unsaturated/α-hetero) is 1. The minimum atomic E-state index is -0.111. The molecule has 0 amide bonds. The van der Waals surface area contributed by atoms with Gasteiger partial charge in [0.1, 0.15) is 0 Å². The number of aromatic nitrogens is 2. The predicted octanol–water partition coefficient (Wildman–Crippen LogP) is 4.53. The van der Waals surface area contributed by atoms with E-state index >= 15 is 0 Å². The fraction of sp³-hybridized carbons (Fsp3) is 0.348. The molecular formula is C23H26N2O3S. The SMILES string of the molecule is CCC(C)c1ccc(C(=O)CSc2nc3ccccc3c(=O)n2CCOC)cc1.